The third kappa shape index (κ3) is 4.03. The number of hydrogen-bond donors (Lipinski definition) is 1. The first kappa shape index (κ1) is 19.8. The number of likely N-dealkylation sites (tertiary alicyclic amines) is 1. The second-order valence-corrected chi connectivity index (χ2v) is 10.1. The molecule has 0 radical (unpaired) electrons. The SMILES string of the molecule is Cc1ccc(CS(=O)(=O)C(C)(C)[C@H](N)C(=O)N2C[C@@H](F)C[C@H]2C)cc1. The minimum Gasteiger partial charge on any atom is -0.336 e. The van der Waals surface area contributed by atoms with Gasteiger partial charge in [-0.3, -0.25) is 4.79 Å². The number of alkyl halides is 1. The summed E-state index contributed by atoms with van der Waals surface area (Å²) in [6, 6.07) is 5.69. The topological polar surface area (TPSA) is 80.5 Å². The van der Waals surface area contributed by atoms with Crippen molar-refractivity contribution >= 4 is 15.7 Å². The highest BCUT2D eigenvalue weighted by Gasteiger charge is 2.46. The van der Waals surface area contributed by atoms with E-state index in [4.69, 9.17) is 5.73 Å². The van der Waals surface area contributed by atoms with E-state index < -0.39 is 32.7 Å². The molecule has 2 rings (SSSR count). The zero-order valence-electron chi connectivity index (χ0n) is 15.2. The molecule has 0 spiro atoms. The number of rotatable bonds is 5. The quantitative estimate of drug-likeness (QED) is 0.859. The molecule has 0 bridgehead atoms. The largest absolute Gasteiger partial charge is 0.336 e. The number of nitrogens with zero attached hydrogens (tertiary/aromatic N) is 1. The van der Waals surface area contributed by atoms with Gasteiger partial charge in [-0.05, 0) is 33.3 Å². The third-order valence-electron chi connectivity index (χ3n) is 5.10. The molecule has 7 heteroatoms. The van der Waals surface area contributed by atoms with Crippen LogP contribution in [0.5, 0.6) is 0 Å². The number of amides is 1. The average molecular weight is 370 g/mol. The van der Waals surface area contributed by atoms with Crippen molar-refractivity contribution in [3.05, 3.63) is 35.4 Å². The second-order valence-electron chi connectivity index (χ2n) is 7.50. The first-order valence-corrected chi connectivity index (χ1v) is 10.1. The molecule has 1 aliphatic heterocycles. The van der Waals surface area contributed by atoms with E-state index in [1.165, 1.54) is 18.7 Å². The molecule has 3 atom stereocenters. The molecule has 1 fully saturated rings. The Bertz CT molecular complexity index is 731. The number of carbonyl (C=O) groups excluding carboxylic acids is 1. The summed E-state index contributed by atoms with van der Waals surface area (Å²) in [4.78, 5) is 14.0. The van der Waals surface area contributed by atoms with Crippen LogP contribution >= 0.6 is 0 Å². The van der Waals surface area contributed by atoms with E-state index in [1.807, 2.05) is 19.1 Å². The van der Waals surface area contributed by atoms with Crippen molar-refractivity contribution in [3.63, 3.8) is 0 Å². The second kappa shape index (κ2) is 7.03. The predicted molar refractivity (Wildman–Crippen MR) is 96.5 cm³/mol. The number of benzene rings is 1. The molecule has 2 N–H and O–H groups in total. The summed E-state index contributed by atoms with van der Waals surface area (Å²) >= 11 is 0. The van der Waals surface area contributed by atoms with Gasteiger partial charge in [-0.15, -0.1) is 0 Å². The summed E-state index contributed by atoms with van der Waals surface area (Å²) in [6.45, 7) is 6.57. The maximum Gasteiger partial charge on any atom is 0.241 e. The normalized spacial score (nSPS) is 22.9. The van der Waals surface area contributed by atoms with Crippen molar-refractivity contribution in [1.82, 2.24) is 4.90 Å². The standard InChI is InChI=1S/C18H27FN2O3S/c1-12-5-7-14(8-6-12)11-25(23,24)18(3,4)16(20)17(22)21-10-15(19)9-13(21)2/h5-8,13,15-16H,9-11,20H2,1-4H3/t13-,15+,16-/m1/s1. The molecular formula is C18H27FN2O3S. The van der Waals surface area contributed by atoms with Crippen LogP contribution < -0.4 is 5.73 Å². The fourth-order valence-corrected chi connectivity index (χ4v) is 4.52. The molecule has 0 unspecified atom stereocenters. The summed E-state index contributed by atoms with van der Waals surface area (Å²) in [5, 5.41) is 0. The molecule has 25 heavy (non-hydrogen) atoms. The van der Waals surface area contributed by atoms with Gasteiger partial charge in [-0.25, -0.2) is 12.8 Å². The lowest BCUT2D eigenvalue weighted by Gasteiger charge is -2.34. The Kier molecular flexibility index (Phi) is 5.59. The van der Waals surface area contributed by atoms with Gasteiger partial charge in [-0.1, -0.05) is 29.8 Å². The molecule has 5 nitrogen and oxygen atoms in total. The van der Waals surface area contributed by atoms with Crippen molar-refractivity contribution < 1.29 is 17.6 Å². The van der Waals surface area contributed by atoms with Crippen LogP contribution in [0.1, 0.15) is 38.3 Å². The van der Waals surface area contributed by atoms with Gasteiger partial charge in [0.1, 0.15) is 12.2 Å². The van der Waals surface area contributed by atoms with Crippen LogP contribution in [0.2, 0.25) is 0 Å². The van der Waals surface area contributed by atoms with Crippen LogP contribution in [0.4, 0.5) is 4.39 Å². The summed E-state index contributed by atoms with van der Waals surface area (Å²) in [7, 11) is -3.70. The Morgan fingerprint density at radius 3 is 2.40 bits per heavy atom. The van der Waals surface area contributed by atoms with Crippen molar-refractivity contribution in [2.24, 2.45) is 5.73 Å². The van der Waals surface area contributed by atoms with Crippen LogP contribution in [0.15, 0.2) is 24.3 Å². The molecule has 0 saturated carbocycles. The summed E-state index contributed by atoms with van der Waals surface area (Å²) < 4.78 is 37.9. The number of carbonyl (C=O) groups is 1. The Hall–Kier alpha value is -1.47. The highest BCUT2D eigenvalue weighted by atomic mass is 32.2. The fourth-order valence-electron chi connectivity index (χ4n) is 3.03. The molecule has 0 aliphatic carbocycles. The van der Waals surface area contributed by atoms with E-state index in [9.17, 15) is 17.6 Å². The highest BCUT2D eigenvalue weighted by molar-refractivity contribution is 7.92. The van der Waals surface area contributed by atoms with Gasteiger partial charge in [0.15, 0.2) is 9.84 Å². The van der Waals surface area contributed by atoms with Gasteiger partial charge >= 0.3 is 0 Å². The monoisotopic (exact) mass is 370 g/mol. The lowest BCUT2D eigenvalue weighted by Crippen LogP contribution is -2.58. The number of sulfone groups is 1. The van der Waals surface area contributed by atoms with Crippen molar-refractivity contribution in [2.45, 2.75) is 62.9 Å². The number of aryl methyl sites for hydroxylation is 1. The zero-order chi connectivity index (χ0) is 19.0. The van der Waals surface area contributed by atoms with Crippen molar-refractivity contribution in [1.29, 1.82) is 0 Å². The highest BCUT2D eigenvalue weighted by Crippen LogP contribution is 2.28. The van der Waals surface area contributed by atoms with E-state index in [0.717, 1.165) is 5.56 Å². The van der Waals surface area contributed by atoms with Crippen LogP contribution in [-0.4, -0.2) is 48.8 Å². The summed E-state index contributed by atoms with van der Waals surface area (Å²) in [5.41, 5.74) is 7.74. The molecule has 1 amide bonds. The Labute approximate surface area is 149 Å². The Morgan fingerprint density at radius 1 is 1.36 bits per heavy atom. The Balaban J connectivity index is 2.20. The first-order chi connectivity index (χ1) is 11.5. The lowest BCUT2D eigenvalue weighted by atomic mass is 10.0. The van der Waals surface area contributed by atoms with E-state index in [-0.39, 0.29) is 24.8 Å². The smallest absolute Gasteiger partial charge is 0.241 e. The van der Waals surface area contributed by atoms with E-state index >= 15 is 0 Å². The predicted octanol–water partition coefficient (Wildman–Crippen LogP) is 1.97. The summed E-state index contributed by atoms with van der Waals surface area (Å²) in [5.74, 6) is -0.701. The van der Waals surface area contributed by atoms with Gasteiger partial charge in [0.25, 0.3) is 0 Å². The third-order valence-corrected chi connectivity index (χ3v) is 7.67. The minimum absolute atomic E-state index is 0.0260. The molecular weight excluding hydrogens is 343 g/mol. The minimum atomic E-state index is -3.70. The van der Waals surface area contributed by atoms with Crippen LogP contribution in [0.25, 0.3) is 0 Å². The van der Waals surface area contributed by atoms with Crippen LogP contribution in [0, 0.1) is 6.92 Å². The molecule has 1 heterocycles. The molecule has 0 aromatic heterocycles. The van der Waals surface area contributed by atoms with Crippen LogP contribution in [0.3, 0.4) is 0 Å². The van der Waals surface area contributed by atoms with Gasteiger partial charge < -0.3 is 10.6 Å². The molecule has 1 aromatic rings. The van der Waals surface area contributed by atoms with Crippen LogP contribution in [-0.2, 0) is 20.4 Å². The van der Waals surface area contributed by atoms with E-state index in [0.29, 0.717) is 5.56 Å². The molecule has 1 saturated heterocycles. The van der Waals surface area contributed by atoms with Gasteiger partial charge in [-0.2, -0.15) is 0 Å². The van der Waals surface area contributed by atoms with Crippen molar-refractivity contribution in [3.8, 4) is 0 Å². The maximum absolute atomic E-state index is 13.5. The number of halogens is 1. The maximum atomic E-state index is 13.5. The summed E-state index contributed by atoms with van der Waals surface area (Å²) in [6.07, 6.45) is -0.826. The Morgan fingerprint density at radius 2 is 1.92 bits per heavy atom. The zero-order valence-corrected chi connectivity index (χ0v) is 16.0. The van der Waals surface area contributed by atoms with Gasteiger partial charge in [0.05, 0.1) is 17.0 Å². The van der Waals surface area contributed by atoms with Crippen molar-refractivity contribution in [2.75, 3.05) is 6.54 Å². The van der Waals surface area contributed by atoms with E-state index in [1.54, 1.807) is 19.1 Å². The van der Waals surface area contributed by atoms with Gasteiger partial charge in [0.2, 0.25) is 5.91 Å². The molecule has 1 aliphatic rings. The fraction of sp³-hybridized carbons (Fsp3) is 0.611. The average Bonchev–Trinajstić information content (AvgIpc) is 2.86. The lowest BCUT2D eigenvalue weighted by molar-refractivity contribution is -0.133. The molecule has 140 valence electrons. The van der Waals surface area contributed by atoms with Gasteiger partial charge in [0, 0.05) is 12.5 Å². The number of hydrogen-bond acceptors (Lipinski definition) is 4. The van der Waals surface area contributed by atoms with E-state index in [2.05, 4.69) is 0 Å². The first-order valence-electron chi connectivity index (χ1n) is 8.43. The molecule has 1 aromatic carbocycles. The number of nitrogens with two attached hydrogens (primary N) is 1.